The van der Waals surface area contributed by atoms with E-state index in [4.69, 9.17) is 18.9 Å². The SMILES string of the molecule is COc1ccc2ccc(OCC(=O)NCCc3ccc(OC)c(OC)c3)cc2c1. The number of hydrogen-bond donors (Lipinski definition) is 1. The Morgan fingerprint density at radius 1 is 0.793 bits per heavy atom. The first-order chi connectivity index (χ1) is 14.1. The summed E-state index contributed by atoms with van der Waals surface area (Å²) in [6, 6.07) is 17.3. The number of hydrogen-bond acceptors (Lipinski definition) is 5. The molecule has 0 saturated heterocycles. The Labute approximate surface area is 170 Å². The maximum Gasteiger partial charge on any atom is 0.257 e. The second-order valence-corrected chi connectivity index (χ2v) is 6.45. The van der Waals surface area contributed by atoms with Crippen LogP contribution in [0.1, 0.15) is 5.56 Å². The molecule has 0 aromatic heterocycles. The lowest BCUT2D eigenvalue weighted by Crippen LogP contribution is -2.30. The van der Waals surface area contributed by atoms with Crippen molar-refractivity contribution in [2.75, 3.05) is 34.5 Å². The molecule has 0 heterocycles. The van der Waals surface area contributed by atoms with Crippen LogP contribution in [-0.4, -0.2) is 40.4 Å². The summed E-state index contributed by atoms with van der Waals surface area (Å²) in [6.45, 7) is 0.466. The van der Waals surface area contributed by atoms with Crippen LogP contribution >= 0.6 is 0 Å². The molecule has 0 fully saturated rings. The van der Waals surface area contributed by atoms with Crippen molar-refractivity contribution in [3.05, 3.63) is 60.2 Å². The monoisotopic (exact) mass is 395 g/mol. The molecule has 3 rings (SSSR count). The molecule has 0 bridgehead atoms. The number of carbonyl (C=O) groups excluding carboxylic acids is 1. The van der Waals surface area contributed by atoms with E-state index in [1.807, 2.05) is 54.6 Å². The summed E-state index contributed by atoms with van der Waals surface area (Å²) >= 11 is 0. The van der Waals surface area contributed by atoms with Gasteiger partial charge in [0.15, 0.2) is 18.1 Å². The predicted octanol–water partition coefficient (Wildman–Crippen LogP) is 3.60. The molecular weight excluding hydrogens is 370 g/mol. The van der Waals surface area contributed by atoms with Crippen LogP contribution in [0.15, 0.2) is 54.6 Å². The normalized spacial score (nSPS) is 10.4. The zero-order valence-electron chi connectivity index (χ0n) is 16.9. The summed E-state index contributed by atoms with van der Waals surface area (Å²) < 4.78 is 21.4. The van der Waals surface area contributed by atoms with Gasteiger partial charge in [-0.15, -0.1) is 0 Å². The first-order valence-corrected chi connectivity index (χ1v) is 9.31. The molecule has 3 aromatic carbocycles. The third-order valence-electron chi connectivity index (χ3n) is 4.57. The summed E-state index contributed by atoms with van der Waals surface area (Å²) in [4.78, 5) is 12.1. The van der Waals surface area contributed by atoms with Crippen molar-refractivity contribution in [2.24, 2.45) is 0 Å². The molecule has 0 atom stereocenters. The molecule has 0 unspecified atom stereocenters. The zero-order valence-corrected chi connectivity index (χ0v) is 16.9. The number of amides is 1. The van der Waals surface area contributed by atoms with Crippen LogP contribution in [0.2, 0.25) is 0 Å². The molecule has 29 heavy (non-hydrogen) atoms. The van der Waals surface area contributed by atoms with Crippen molar-refractivity contribution < 1.29 is 23.7 Å². The van der Waals surface area contributed by atoms with Crippen molar-refractivity contribution in [3.63, 3.8) is 0 Å². The largest absolute Gasteiger partial charge is 0.497 e. The van der Waals surface area contributed by atoms with Gasteiger partial charge in [-0.3, -0.25) is 4.79 Å². The minimum atomic E-state index is -0.170. The average Bonchev–Trinajstić information content (AvgIpc) is 2.76. The van der Waals surface area contributed by atoms with Crippen LogP contribution in [0.4, 0.5) is 0 Å². The lowest BCUT2D eigenvalue weighted by Gasteiger charge is -2.11. The average molecular weight is 395 g/mol. The number of benzene rings is 3. The topological polar surface area (TPSA) is 66.0 Å². The third-order valence-corrected chi connectivity index (χ3v) is 4.57. The van der Waals surface area contributed by atoms with Crippen molar-refractivity contribution in [1.29, 1.82) is 0 Å². The molecule has 152 valence electrons. The molecule has 1 amide bonds. The van der Waals surface area contributed by atoms with Gasteiger partial charge in [0.2, 0.25) is 0 Å². The first kappa shape index (κ1) is 20.3. The molecule has 1 N–H and O–H groups in total. The van der Waals surface area contributed by atoms with E-state index in [9.17, 15) is 4.79 Å². The quantitative estimate of drug-likeness (QED) is 0.600. The summed E-state index contributed by atoms with van der Waals surface area (Å²) in [6.07, 6.45) is 0.682. The highest BCUT2D eigenvalue weighted by molar-refractivity contribution is 5.85. The Bertz CT molecular complexity index is 986. The van der Waals surface area contributed by atoms with Crippen LogP contribution in [0.25, 0.3) is 10.8 Å². The van der Waals surface area contributed by atoms with Gasteiger partial charge in [-0.2, -0.15) is 0 Å². The van der Waals surface area contributed by atoms with E-state index in [2.05, 4.69) is 5.32 Å². The van der Waals surface area contributed by atoms with Crippen LogP contribution in [-0.2, 0) is 11.2 Å². The molecule has 0 radical (unpaired) electrons. The fourth-order valence-corrected chi connectivity index (χ4v) is 3.00. The van der Waals surface area contributed by atoms with E-state index in [-0.39, 0.29) is 12.5 Å². The van der Waals surface area contributed by atoms with E-state index in [0.717, 1.165) is 22.1 Å². The molecule has 0 aliphatic rings. The number of fused-ring (bicyclic) bond motifs is 1. The Hall–Kier alpha value is -3.41. The summed E-state index contributed by atoms with van der Waals surface area (Å²) in [5.74, 6) is 2.61. The lowest BCUT2D eigenvalue weighted by atomic mass is 10.1. The number of ether oxygens (including phenoxy) is 4. The van der Waals surface area contributed by atoms with Crippen LogP contribution < -0.4 is 24.3 Å². The molecule has 0 spiro atoms. The minimum absolute atomic E-state index is 0.0403. The van der Waals surface area contributed by atoms with Gasteiger partial charge in [0.05, 0.1) is 21.3 Å². The highest BCUT2D eigenvalue weighted by Gasteiger charge is 2.07. The number of rotatable bonds is 9. The smallest absolute Gasteiger partial charge is 0.257 e. The predicted molar refractivity (Wildman–Crippen MR) is 112 cm³/mol. The number of carbonyl (C=O) groups is 1. The van der Waals surface area contributed by atoms with Gasteiger partial charge in [0.1, 0.15) is 11.5 Å². The van der Waals surface area contributed by atoms with Gasteiger partial charge < -0.3 is 24.3 Å². The van der Waals surface area contributed by atoms with E-state index < -0.39 is 0 Å². The summed E-state index contributed by atoms with van der Waals surface area (Å²) in [7, 11) is 4.83. The third kappa shape index (κ3) is 5.31. The second-order valence-electron chi connectivity index (χ2n) is 6.45. The van der Waals surface area contributed by atoms with Gasteiger partial charge in [0, 0.05) is 6.54 Å². The number of nitrogens with one attached hydrogen (secondary N) is 1. The van der Waals surface area contributed by atoms with E-state index >= 15 is 0 Å². The maximum atomic E-state index is 12.1. The van der Waals surface area contributed by atoms with Crippen LogP contribution in [0.5, 0.6) is 23.0 Å². The molecule has 0 saturated carbocycles. The summed E-state index contributed by atoms with van der Waals surface area (Å²) in [5.41, 5.74) is 1.05. The summed E-state index contributed by atoms with van der Waals surface area (Å²) in [5, 5.41) is 4.94. The van der Waals surface area contributed by atoms with Crippen molar-refractivity contribution in [3.8, 4) is 23.0 Å². The molecular formula is C23H25NO5. The zero-order chi connectivity index (χ0) is 20.6. The number of methoxy groups -OCH3 is 3. The highest BCUT2D eigenvalue weighted by atomic mass is 16.5. The lowest BCUT2D eigenvalue weighted by molar-refractivity contribution is -0.123. The second kappa shape index (κ2) is 9.68. The Morgan fingerprint density at radius 2 is 1.52 bits per heavy atom. The molecule has 6 nitrogen and oxygen atoms in total. The van der Waals surface area contributed by atoms with Gasteiger partial charge in [-0.1, -0.05) is 18.2 Å². The molecule has 3 aromatic rings. The molecule has 0 aliphatic heterocycles. The van der Waals surface area contributed by atoms with Gasteiger partial charge in [-0.05, 0) is 59.2 Å². The molecule has 6 heteroatoms. The van der Waals surface area contributed by atoms with E-state index in [1.54, 1.807) is 21.3 Å². The van der Waals surface area contributed by atoms with E-state index in [0.29, 0.717) is 30.2 Å². The Kier molecular flexibility index (Phi) is 6.79. The van der Waals surface area contributed by atoms with Crippen molar-refractivity contribution in [1.82, 2.24) is 5.32 Å². The van der Waals surface area contributed by atoms with Gasteiger partial charge in [0.25, 0.3) is 5.91 Å². The van der Waals surface area contributed by atoms with Gasteiger partial charge in [-0.25, -0.2) is 0 Å². The Balaban J connectivity index is 1.49. The fourth-order valence-electron chi connectivity index (χ4n) is 3.00. The minimum Gasteiger partial charge on any atom is -0.497 e. The Morgan fingerprint density at radius 3 is 2.24 bits per heavy atom. The van der Waals surface area contributed by atoms with Crippen molar-refractivity contribution >= 4 is 16.7 Å². The van der Waals surface area contributed by atoms with Crippen molar-refractivity contribution in [2.45, 2.75) is 6.42 Å². The van der Waals surface area contributed by atoms with Crippen LogP contribution in [0, 0.1) is 0 Å². The van der Waals surface area contributed by atoms with E-state index in [1.165, 1.54) is 0 Å². The fraction of sp³-hybridized carbons (Fsp3) is 0.261. The van der Waals surface area contributed by atoms with Gasteiger partial charge >= 0.3 is 0 Å². The first-order valence-electron chi connectivity index (χ1n) is 9.31. The standard InChI is InChI=1S/C23H25NO5/c1-26-19-7-5-17-6-8-20(14-18(17)13-19)29-15-23(25)24-11-10-16-4-9-21(27-2)22(12-16)28-3/h4-9,12-14H,10-11,15H2,1-3H3,(H,24,25). The van der Waals surface area contributed by atoms with Crippen LogP contribution in [0.3, 0.4) is 0 Å². The molecule has 0 aliphatic carbocycles. The highest BCUT2D eigenvalue weighted by Crippen LogP contribution is 2.27. The maximum absolute atomic E-state index is 12.1.